The molecule has 0 fully saturated rings. The van der Waals surface area contributed by atoms with Crippen LogP contribution in [0.4, 0.5) is 0 Å². The number of aliphatic hydroxyl groups excluding tert-OH is 1. The van der Waals surface area contributed by atoms with Crippen molar-refractivity contribution in [3.8, 4) is 11.5 Å². The Balaban J connectivity index is 0.00000171. The number of carbonyl (C=O) groups is 1. The summed E-state index contributed by atoms with van der Waals surface area (Å²) in [5, 5.41) is 25.5. The molecular weight excluding hydrogens is 551 g/mol. The number of hydrogen-bond donors (Lipinski definition) is 4. The SMILES string of the molecule is CCCC(=O)O.COc1ccccc1OCC(O)CNC(C)(C)CNC(c1ccccc1)c1ccccc1.Cl.Cl. The van der Waals surface area contributed by atoms with Crippen molar-refractivity contribution >= 4 is 30.8 Å². The lowest BCUT2D eigenvalue weighted by atomic mass is 9.97. The van der Waals surface area contributed by atoms with E-state index < -0.39 is 12.1 Å². The van der Waals surface area contributed by atoms with E-state index in [4.69, 9.17) is 14.6 Å². The predicted octanol–water partition coefficient (Wildman–Crippen LogP) is 5.90. The van der Waals surface area contributed by atoms with Crippen molar-refractivity contribution in [1.29, 1.82) is 0 Å². The molecule has 0 spiro atoms. The summed E-state index contributed by atoms with van der Waals surface area (Å²) in [5.41, 5.74) is 2.22. The lowest BCUT2D eigenvalue weighted by Gasteiger charge is -2.31. The number of aliphatic carboxylic acids is 1. The third-order valence-electron chi connectivity index (χ3n) is 5.79. The second-order valence-electron chi connectivity index (χ2n) is 9.66. The monoisotopic (exact) mass is 594 g/mol. The standard InChI is InChI=1S/C27H34N2O3.C4H8O2.2ClH/c1-27(2,29-18-23(30)19-32-25-17-11-10-16-24(25)31-3)20-28-26(21-12-6-4-7-13-21)22-14-8-5-9-15-22;1-2-3-4(5)6;;/h4-17,23,26,28-30H,18-20H2,1-3H3;2-3H2,1H3,(H,5,6);2*1H. The van der Waals surface area contributed by atoms with Crippen LogP contribution in [0.2, 0.25) is 0 Å². The Morgan fingerprint density at radius 1 is 0.875 bits per heavy atom. The summed E-state index contributed by atoms with van der Waals surface area (Å²) < 4.78 is 11.0. The van der Waals surface area contributed by atoms with Gasteiger partial charge in [-0.3, -0.25) is 4.79 Å². The number of para-hydroxylation sites is 2. The van der Waals surface area contributed by atoms with Crippen molar-refractivity contribution in [3.63, 3.8) is 0 Å². The number of ether oxygens (including phenoxy) is 2. The molecule has 0 bridgehead atoms. The van der Waals surface area contributed by atoms with Crippen LogP contribution in [0, 0.1) is 0 Å². The van der Waals surface area contributed by atoms with Crippen LogP contribution in [-0.4, -0.2) is 54.6 Å². The zero-order valence-electron chi connectivity index (χ0n) is 23.7. The van der Waals surface area contributed by atoms with Crippen LogP contribution in [0.5, 0.6) is 11.5 Å². The molecule has 0 aliphatic carbocycles. The fourth-order valence-electron chi connectivity index (χ4n) is 3.73. The Morgan fingerprint density at radius 3 is 1.82 bits per heavy atom. The summed E-state index contributed by atoms with van der Waals surface area (Å²) >= 11 is 0. The summed E-state index contributed by atoms with van der Waals surface area (Å²) in [5.74, 6) is 0.575. The number of benzene rings is 3. The van der Waals surface area contributed by atoms with Crippen molar-refractivity contribution in [3.05, 3.63) is 96.1 Å². The molecule has 9 heteroatoms. The van der Waals surface area contributed by atoms with E-state index in [0.717, 1.165) is 13.0 Å². The first-order valence-electron chi connectivity index (χ1n) is 13.0. The molecule has 0 heterocycles. The number of rotatable bonds is 14. The Labute approximate surface area is 251 Å². The quantitative estimate of drug-likeness (QED) is 0.184. The molecule has 0 radical (unpaired) electrons. The fourth-order valence-corrected chi connectivity index (χ4v) is 3.73. The second kappa shape index (κ2) is 20.1. The van der Waals surface area contributed by atoms with Gasteiger partial charge in [-0.15, -0.1) is 24.8 Å². The molecule has 0 aliphatic heterocycles. The molecule has 40 heavy (non-hydrogen) atoms. The Hall–Kier alpha value is -2.81. The molecule has 0 aliphatic rings. The van der Waals surface area contributed by atoms with Gasteiger partial charge in [-0.1, -0.05) is 79.7 Å². The molecule has 1 unspecified atom stereocenters. The minimum Gasteiger partial charge on any atom is -0.493 e. The molecule has 222 valence electrons. The fraction of sp³-hybridized carbons (Fsp3) is 0.387. The van der Waals surface area contributed by atoms with Crippen LogP contribution in [0.1, 0.15) is 50.8 Å². The van der Waals surface area contributed by atoms with Crippen molar-refractivity contribution in [2.75, 3.05) is 26.8 Å². The van der Waals surface area contributed by atoms with Crippen LogP contribution >= 0.6 is 24.8 Å². The minimum atomic E-state index is -0.711. The first-order valence-corrected chi connectivity index (χ1v) is 13.0. The molecule has 0 saturated carbocycles. The van der Waals surface area contributed by atoms with Crippen LogP contribution in [-0.2, 0) is 4.79 Å². The first-order chi connectivity index (χ1) is 18.3. The largest absolute Gasteiger partial charge is 0.493 e. The molecular formula is C31H44Cl2N2O5. The van der Waals surface area contributed by atoms with Crippen LogP contribution in [0.3, 0.4) is 0 Å². The van der Waals surface area contributed by atoms with Gasteiger partial charge in [0.15, 0.2) is 11.5 Å². The van der Waals surface area contributed by atoms with Crippen LogP contribution in [0.25, 0.3) is 0 Å². The highest BCUT2D eigenvalue weighted by atomic mass is 35.5. The van der Waals surface area contributed by atoms with Gasteiger partial charge in [-0.25, -0.2) is 0 Å². The number of halogens is 2. The Kier molecular flexibility index (Phi) is 18.7. The van der Waals surface area contributed by atoms with E-state index in [0.29, 0.717) is 24.5 Å². The number of carboxylic acid groups (broad SMARTS) is 1. The molecule has 0 aromatic heterocycles. The summed E-state index contributed by atoms with van der Waals surface area (Å²) in [7, 11) is 1.61. The van der Waals surface area contributed by atoms with E-state index >= 15 is 0 Å². The number of aliphatic hydroxyl groups is 1. The molecule has 0 amide bonds. The maximum absolute atomic E-state index is 10.4. The maximum atomic E-state index is 10.4. The molecule has 4 N–H and O–H groups in total. The molecule has 3 rings (SSSR count). The Morgan fingerprint density at radius 2 is 1.38 bits per heavy atom. The van der Waals surface area contributed by atoms with Crippen LogP contribution < -0.4 is 20.1 Å². The highest BCUT2D eigenvalue weighted by Crippen LogP contribution is 2.26. The Bertz CT molecular complexity index is 1030. The van der Waals surface area contributed by atoms with E-state index in [2.05, 4.69) is 73.0 Å². The van der Waals surface area contributed by atoms with Gasteiger partial charge in [-0.05, 0) is 43.5 Å². The summed E-state index contributed by atoms with van der Waals surface area (Å²) in [4.78, 5) is 9.60. The van der Waals surface area contributed by atoms with Gasteiger partial charge in [0.25, 0.3) is 0 Å². The van der Waals surface area contributed by atoms with E-state index in [1.54, 1.807) is 7.11 Å². The van der Waals surface area contributed by atoms with Crippen molar-refractivity contribution in [2.24, 2.45) is 0 Å². The topological polar surface area (TPSA) is 100 Å². The number of hydrogen-bond acceptors (Lipinski definition) is 6. The average molecular weight is 596 g/mol. The average Bonchev–Trinajstić information content (AvgIpc) is 2.92. The third kappa shape index (κ3) is 14.0. The third-order valence-corrected chi connectivity index (χ3v) is 5.79. The minimum absolute atomic E-state index is 0. The van der Waals surface area contributed by atoms with E-state index in [-0.39, 0.29) is 43.0 Å². The van der Waals surface area contributed by atoms with Gasteiger partial charge in [0.05, 0.1) is 13.2 Å². The molecule has 0 saturated heterocycles. The molecule has 1 atom stereocenters. The van der Waals surface area contributed by atoms with Crippen molar-refractivity contribution in [2.45, 2.75) is 51.3 Å². The highest BCUT2D eigenvalue weighted by Gasteiger charge is 2.22. The van der Waals surface area contributed by atoms with E-state index in [9.17, 15) is 9.90 Å². The summed E-state index contributed by atoms with van der Waals surface area (Å²) in [6, 6.07) is 28.4. The number of carboxylic acids is 1. The zero-order valence-corrected chi connectivity index (χ0v) is 25.3. The lowest BCUT2D eigenvalue weighted by Crippen LogP contribution is -2.51. The second-order valence-corrected chi connectivity index (χ2v) is 9.66. The summed E-state index contributed by atoms with van der Waals surface area (Å²) in [6.45, 7) is 7.43. The lowest BCUT2D eigenvalue weighted by molar-refractivity contribution is -0.137. The van der Waals surface area contributed by atoms with Gasteiger partial charge in [0.1, 0.15) is 12.7 Å². The van der Waals surface area contributed by atoms with E-state index in [1.165, 1.54) is 11.1 Å². The summed E-state index contributed by atoms with van der Waals surface area (Å²) in [6.07, 6.45) is 0.383. The van der Waals surface area contributed by atoms with Gasteiger partial charge in [-0.2, -0.15) is 0 Å². The molecule has 7 nitrogen and oxygen atoms in total. The predicted molar refractivity (Wildman–Crippen MR) is 166 cm³/mol. The van der Waals surface area contributed by atoms with Crippen molar-refractivity contribution in [1.82, 2.24) is 10.6 Å². The van der Waals surface area contributed by atoms with Gasteiger partial charge in [0.2, 0.25) is 0 Å². The smallest absolute Gasteiger partial charge is 0.303 e. The normalized spacial score (nSPS) is 11.2. The molecule has 3 aromatic carbocycles. The van der Waals surface area contributed by atoms with Gasteiger partial charge < -0.3 is 30.3 Å². The zero-order chi connectivity index (χ0) is 27.8. The molecule has 3 aromatic rings. The highest BCUT2D eigenvalue weighted by molar-refractivity contribution is 5.85. The number of β-amino-alcohol motifs (C(OH)–C–C–N with tert-alkyl or cyclic N) is 1. The van der Waals surface area contributed by atoms with Gasteiger partial charge >= 0.3 is 5.97 Å². The number of nitrogens with one attached hydrogen (secondary N) is 2. The maximum Gasteiger partial charge on any atom is 0.303 e. The van der Waals surface area contributed by atoms with Crippen LogP contribution in [0.15, 0.2) is 84.9 Å². The first kappa shape index (κ1) is 37.2. The number of methoxy groups -OCH3 is 1. The van der Waals surface area contributed by atoms with Gasteiger partial charge in [0, 0.05) is 25.0 Å². The van der Waals surface area contributed by atoms with Crippen molar-refractivity contribution < 1.29 is 24.5 Å². The van der Waals surface area contributed by atoms with E-state index in [1.807, 2.05) is 43.3 Å².